The number of thiazole rings is 1. The third-order valence-electron chi connectivity index (χ3n) is 3.82. The molecule has 0 aliphatic rings. The van der Waals surface area contributed by atoms with E-state index in [2.05, 4.69) is 15.3 Å². The summed E-state index contributed by atoms with van der Waals surface area (Å²) in [4.78, 5) is 20.9. The fourth-order valence-electron chi connectivity index (χ4n) is 2.52. The van der Waals surface area contributed by atoms with E-state index in [1.165, 1.54) is 11.3 Å². The SMILES string of the molecule is O=C(OCc1cn2cc(Cl)ccc2n1)c1csc(NCc2ccccc2)n1. The fraction of sp³-hybridized carbons (Fsp3) is 0.105. The highest BCUT2D eigenvalue weighted by molar-refractivity contribution is 7.13. The molecule has 27 heavy (non-hydrogen) atoms. The fourth-order valence-corrected chi connectivity index (χ4v) is 3.37. The van der Waals surface area contributed by atoms with Crippen LogP contribution < -0.4 is 5.32 Å². The van der Waals surface area contributed by atoms with Gasteiger partial charge in [-0.15, -0.1) is 11.3 Å². The summed E-state index contributed by atoms with van der Waals surface area (Å²) in [6.45, 7) is 0.717. The van der Waals surface area contributed by atoms with Gasteiger partial charge in [-0.2, -0.15) is 0 Å². The molecule has 1 N–H and O–H groups in total. The highest BCUT2D eigenvalue weighted by Crippen LogP contribution is 2.18. The third-order valence-corrected chi connectivity index (χ3v) is 4.84. The van der Waals surface area contributed by atoms with Crippen molar-refractivity contribution in [2.24, 2.45) is 0 Å². The van der Waals surface area contributed by atoms with Gasteiger partial charge in [-0.25, -0.2) is 14.8 Å². The molecule has 3 aromatic heterocycles. The van der Waals surface area contributed by atoms with Gasteiger partial charge in [0.1, 0.15) is 12.3 Å². The topological polar surface area (TPSA) is 68.5 Å². The number of nitrogens with zero attached hydrogens (tertiary/aromatic N) is 3. The predicted octanol–water partition coefficient (Wildman–Crippen LogP) is 4.41. The minimum absolute atomic E-state index is 0.0719. The Hall–Kier alpha value is -2.90. The van der Waals surface area contributed by atoms with Gasteiger partial charge in [-0.1, -0.05) is 41.9 Å². The molecule has 0 fully saturated rings. The lowest BCUT2D eigenvalue weighted by atomic mass is 10.2. The smallest absolute Gasteiger partial charge is 0.358 e. The van der Waals surface area contributed by atoms with Crippen molar-refractivity contribution in [3.8, 4) is 0 Å². The van der Waals surface area contributed by atoms with Crippen LogP contribution in [0.15, 0.2) is 60.2 Å². The second-order valence-electron chi connectivity index (χ2n) is 5.80. The molecule has 4 rings (SSSR count). The average molecular weight is 399 g/mol. The maximum absolute atomic E-state index is 12.2. The summed E-state index contributed by atoms with van der Waals surface area (Å²) in [5.41, 5.74) is 2.81. The van der Waals surface area contributed by atoms with Crippen LogP contribution in [0.5, 0.6) is 0 Å². The number of nitrogens with one attached hydrogen (secondary N) is 1. The molecule has 3 heterocycles. The first kappa shape index (κ1) is 17.5. The zero-order valence-electron chi connectivity index (χ0n) is 14.1. The number of aromatic nitrogens is 3. The lowest BCUT2D eigenvalue weighted by Crippen LogP contribution is -2.06. The maximum atomic E-state index is 12.2. The van der Waals surface area contributed by atoms with Crippen LogP contribution in [0.25, 0.3) is 5.65 Å². The van der Waals surface area contributed by atoms with Gasteiger partial charge in [-0.3, -0.25) is 0 Å². The van der Waals surface area contributed by atoms with Crippen LogP contribution in [0.1, 0.15) is 21.7 Å². The van der Waals surface area contributed by atoms with E-state index >= 15 is 0 Å². The summed E-state index contributed by atoms with van der Waals surface area (Å²) in [5, 5.41) is 6.17. The van der Waals surface area contributed by atoms with E-state index < -0.39 is 5.97 Å². The molecule has 1 aromatic carbocycles. The molecule has 0 saturated carbocycles. The lowest BCUT2D eigenvalue weighted by Gasteiger charge is -2.02. The minimum Gasteiger partial charge on any atom is -0.454 e. The Morgan fingerprint density at radius 3 is 2.85 bits per heavy atom. The third kappa shape index (κ3) is 4.27. The highest BCUT2D eigenvalue weighted by atomic mass is 35.5. The van der Waals surface area contributed by atoms with Crippen LogP contribution in [0.4, 0.5) is 5.13 Å². The molecule has 0 amide bonds. The monoisotopic (exact) mass is 398 g/mol. The summed E-state index contributed by atoms with van der Waals surface area (Å²) >= 11 is 7.32. The molecule has 136 valence electrons. The van der Waals surface area contributed by atoms with Crippen molar-refractivity contribution in [2.45, 2.75) is 13.2 Å². The van der Waals surface area contributed by atoms with Crippen molar-refractivity contribution in [3.63, 3.8) is 0 Å². The zero-order chi connectivity index (χ0) is 18.6. The van der Waals surface area contributed by atoms with Gasteiger partial charge in [0, 0.05) is 24.3 Å². The predicted molar refractivity (Wildman–Crippen MR) is 105 cm³/mol. The summed E-state index contributed by atoms with van der Waals surface area (Å²) in [6.07, 6.45) is 3.53. The van der Waals surface area contributed by atoms with E-state index in [9.17, 15) is 4.79 Å². The Morgan fingerprint density at radius 2 is 2.00 bits per heavy atom. The molecule has 0 radical (unpaired) electrons. The van der Waals surface area contributed by atoms with Crippen LogP contribution >= 0.6 is 22.9 Å². The number of hydrogen-bond acceptors (Lipinski definition) is 6. The number of pyridine rings is 1. The van der Waals surface area contributed by atoms with Crippen molar-refractivity contribution in [1.29, 1.82) is 0 Å². The first-order chi connectivity index (χ1) is 13.2. The number of halogens is 1. The Balaban J connectivity index is 1.34. The van der Waals surface area contributed by atoms with Crippen molar-refractivity contribution < 1.29 is 9.53 Å². The van der Waals surface area contributed by atoms with Crippen molar-refractivity contribution >= 4 is 39.7 Å². The molecular formula is C19H15ClN4O2S. The van der Waals surface area contributed by atoms with Crippen LogP contribution in [0.3, 0.4) is 0 Å². The first-order valence-electron chi connectivity index (χ1n) is 8.21. The van der Waals surface area contributed by atoms with Crippen molar-refractivity contribution in [1.82, 2.24) is 14.4 Å². The average Bonchev–Trinajstić information content (AvgIpc) is 3.31. The van der Waals surface area contributed by atoms with Gasteiger partial charge in [0.15, 0.2) is 10.8 Å². The van der Waals surface area contributed by atoms with E-state index in [0.29, 0.717) is 22.4 Å². The molecule has 4 aromatic rings. The molecule has 0 saturated heterocycles. The van der Waals surface area contributed by atoms with Crippen LogP contribution in [-0.4, -0.2) is 20.3 Å². The van der Waals surface area contributed by atoms with E-state index in [1.54, 1.807) is 34.3 Å². The Kier molecular flexibility index (Phi) is 5.04. The van der Waals surface area contributed by atoms with E-state index in [0.717, 1.165) is 11.2 Å². The molecule has 0 bridgehead atoms. The van der Waals surface area contributed by atoms with Gasteiger partial charge in [0.25, 0.3) is 0 Å². The molecule has 0 aliphatic heterocycles. The molecule has 0 aliphatic carbocycles. The number of hydrogen-bond donors (Lipinski definition) is 1. The van der Waals surface area contributed by atoms with Crippen LogP contribution in [0.2, 0.25) is 5.02 Å². The summed E-state index contributed by atoms with van der Waals surface area (Å²) in [5.74, 6) is -0.478. The van der Waals surface area contributed by atoms with Gasteiger partial charge in [-0.05, 0) is 17.7 Å². The Morgan fingerprint density at radius 1 is 1.15 bits per heavy atom. The number of ether oxygens (including phenoxy) is 1. The Labute approximate surface area is 164 Å². The van der Waals surface area contributed by atoms with Crippen molar-refractivity contribution in [3.05, 3.63) is 82.2 Å². The van der Waals surface area contributed by atoms with Gasteiger partial charge in [0.05, 0.1) is 10.7 Å². The first-order valence-corrected chi connectivity index (χ1v) is 9.47. The van der Waals surface area contributed by atoms with Crippen LogP contribution in [0, 0.1) is 0 Å². The standard InChI is InChI=1S/C19H15ClN4O2S/c20-14-6-7-17-22-15(10-24(17)9-14)11-26-18(25)16-12-27-19(23-16)21-8-13-4-2-1-3-5-13/h1-7,9-10,12H,8,11H2,(H,21,23). The zero-order valence-corrected chi connectivity index (χ0v) is 15.7. The molecule has 8 heteroatoms. The minimum atomic E-state index is -0.478. The molecular weight excluding hydrogens is 384 g/mol. The Bertz CT molecular complexity index is 1080. The van der Waals surface area contributed by atoms with Crippen LogP contribution in [-0.2, 0) is 17.9 Å². The summed E-state index contributed by atoms with van der Waals surface area (Å²) < 4.78 is 7.11. The van der Waals surface area contributed by atoms with Crippen molar-refractivity contribution in [2.75, 3.05) is 5.32 Å². The molecule has 0 spiro atoms. The summed E-state index contributed by atoms with van der Waals surface area (Å²) in [6, 6.07) is 13.6. The number of benzene rings is 1. The number of imidazole rings is 1. The number of esters is 1. The quantitative estimate of drug-likeness (QED) is 0.487. The lowest BCUT2D eigenvalue weighted by molar-refractivity contribution is 0.0462. The van der Waals surface area contributed by atoms with E-state index in [1.807, 2.05) is 30.3 Å². The second-order valence-corrected chi connectivity index (χ2v) is 7.09. The normalized spacial score (nSPS) is 10.9. The number of carbonyl (C=O) groups excluding carboxylic acids is 1. The van der Waals surface area contributed by atoms with E-state index in [4.69, 9.17) is 16.3 Å². The molecule has 0 atom stereocenters. The maximum Gasteiger partial charge on any atom is 0.358 e. The van der Waals surface area contributed by atoms with Gasteiger partial charge < -0.3 is 14.5 Å². The summed E-state index contributed by atoms with van der Waals surface area (Å²) in [7, 11) is 0. The highest BCUT2D eigenvalue weighted by Gasteiger charge is 2.13. The second kappa shape index (κ2) is 7.77. The molecule has 0 unspecified atom stereocenters. The number of anilines is 1. The van der Waals surface area contributed by atoms with Gasteiger partial charge in [0.2, 0.25) is 0 Å². The molecule has 6 nitrogen and oxygen atoms in total. The van der Waals surface area contributed by atoms with Gasteiger partial charge >= 0.3 is 5.97 Å². The number of rotatable bonds is 6. The largest absolute Gasteiger partial charge is 0.454 e. The number of carbonyl (C=O) groups is 1. The van der Waals surface area contributed by atoms with E-state index in [-0.39, 0.29) is 12.3 Å². The number of fused-ring (bicyclic) bond motifs is 1.